The van der Waals surface area contributed by atoms with Crippen LogP contribution in [0.5, 0.6) is 0 Å². The number of carbonyl (C=O) groups is 2. The number of carbonyl (C=O) groups excluding carboxylic acids is 1. The minimum atomic E-state index is -0.893. The van der Waals surface area contributed by atoms with Crippen molar-refractivity contribution in [3.05, 3.63) is 28.5 Å². The highest BCUT2D eigenvalue weighted by Gasteiger charge is 2.50. The van der Waals surface area contributed by atoms with Crippen LogP contribution in [0.15, 0.2) is 22.7 Å². The summed E-state index contributed by atoms with van der Waals surface area (Å²) in [7, 11) is 0. The van der Waals surface area contributed by atoms with Crippen molar-refractivity contribution in [2.45, 2.75) is 12.8 Å². The van der Waals surface area contributed by atoms with Gasteiger partial charge in [-0.15, -0.1) is 0 Å². The number of halogens is 2. The molecular formula is C12H12BrFN2O3. The van der Waals surface area contributed by atoms with Crippen molar-refractivity contribution in [2.75, 3.05) is 11.9 Å². The van der Waals surface area contributed by atoms with E-state index in [4.69, 9.17) is 5.11 Å². The fourth-order valence-corrected chi connectivity index (χ4v) is 2.07. The Morgan fingerprint density at radius 3 is 2.63 bits per heavy atom. The summed E-state index contributed by atoms with van der Waals surface area (Å²) in [5, 5.41) is 14.0. The van der Waals surface area contributed by atoms with E-state index in [0.717, 1.165) is 0 Å². The molecule has 1 aromatic rings. The molecule has 0 unspecified atom stereocenters. The van der Waals surface area contributed by atoms with Crippen LogP contribution >= 0.6 is 15.9 Å². The largest absolute Gasteiger partial charge is 0.481 e. The van der Waals surface area contributed by atoms with Gasteiger partial charge in [-0.05, 0) is 47.0 Å². The van der Waals surface area contributed by atoms with Gasteiger partial charge in [0.05, 0.1) is 11.1 Å². The van der Waals surface area contributed by atoms with Gasteiger partial charge in [0.25, 0.3) is 0 Å². The van der Waals surface area contributed by atoms with E-state index in [1.54, 1.807) is 0 Å². The van der Waals surface area contributed by atoms with Gasteiger partial charge in [-0.3, -0.25) is 4.79 Å². The average Bonchev–Trinajstić information content (AvgIpc) is 3.11. The molecule has 2 amide bonds. The molecule has 1 saturated carbocycles. The molecule has 0 heterocycles. The van der Waals surface area contributed by atoms with Gasteiger partial charge in [0.1, 0.15) is 5.82 Å². The third-order valence-electron chi connectivity index (χ3n) is 3.07. The number of hydrogen-bond acceptors (Lipinski definition) is 2. The molecule has 0 saturated heterocycles. The predicted molar refractivity (Wildman–Crippen MR) is 70.4 cm³/mol. The number of urea groups is 1. The lowest BCUT2D eigenvalue weighted by molar-refractivity contribution is -0.143. The van der Waals surface area contributed by atoms with Gasteiger partial charge in [0.15, 0.2) is 0 Å². The van der Waals surface area contributed by atoms with Gasteiger partial charge in [0, 0.05) is 11.0 Å². The molecule has 0 aromatic heterocycles. The third-order valence-corrected chi connectivity index (χ3v) is 3.73. The van der Waals surface area contributed by atoms with Crippen LogP contribution in [0.3, 0.4) is 0 Å². The van der Waals surface area contributed by atoms with E-state index in [1.165, 1.54) is 18.2 Å². The van der Waals surface area contributed by atoms with E-state index < -0.39 is 23.2 Å². The van der Waals surface area contributed by atoms with E-state index in [2.05, 4.69) is 26.6 Å². The highest BCUT2D eigenvalue weighted by molar-refractivity contribution is 9.10. The second-order valence-corrected chi connectivity index (χ2v) is 5.37. The Balaban J connectivity index is 1.89. The second-order valence-electron chi connectivity index (χ2n) is 4.52. The van der Waals surface area contributed by atoms with Crippen molar-refractivity contribution in [2.24, 2.45) is 5.41 Å². The zero-order valence-electron chi connectivity index (χ0n) is 9.87. The zero-order valence-corrected chi connectivity index (χ0v) is 11.5. The van der Waals surface area contributed by atoms with Crippen molar-refractivity contribution in [3.63, 3.8) is 0 Å². The summed E-state index contributed by atoms with van der Waals surface area (Å²) < 4.78 is 13.3. The topological polar surface area (TPSA) is 78.4 Å². The molecule has 102 valence electrons. The van der Waals surface area contributed by atoms with E-state index in [0.29, 0.717) is 23.0 Å². The molecule has 0 spiro atoms. The number of benzene rings is 1. The molecule has 5 nitrogen and oxygen atoms in total. The van der Waals surface area contributed by atoms with Gasteiger partial charge in [-0.25, -0.2) is 9.18 Å². The molecule has 1 aliphatic carbocycles. The molecule has 2 rings (SSSR count). The smallest absolute Gasteiger partial charge is 0.319 e. The van der Waals surface area contributed by atoms with E-state index in [1.807, 2.05) is 0 Å². The van der Waals surface area contributed by atoms with Crippen molar-refractivity contribution in [1.29, 1.82) is 0 Å². The SMILES string of the molecule is O=C(NCC1(C(=O)O)CC1)Nc1ccc(F)cc1Br. The molecule has 7 heteroatoms. The Morgan fingerprint density at radius 2 is 2.11 bits per heavy atom. The van der Waals surface area contributed by atoms with Gasteiger partial charge in [0.2, 0.25) is 0 Å². The van der Waals surface area contributed by atoms with Crippen LogP contribution in [0, 0.1) is 11.2 Å². The van der Waals surface area contributed by atoms with Crippen molar-refractivity contribution >= 4 is 33.6 Å². The Bertz CT molecular complexity index is 532. The summed E-state index contributed by atoms with van der Waals surface area (Å²) in [5.74, 6) is -1.31. The minimum absolute atomic E-state index is 0.0903. The lowest BCUT2D eigenvalue weighted by atomic mass is 10.1. The standard InChI is InChI=1S/C12H12BrFN2O3/c13-8-5-7(14)1-2-9(8)16-11(19)15-6-12(3-4-12)10(17)18/h1-2,5H,3-4,6H2,(H,17,18)(H2,15,16,19). The molecule has 0 aliphatic heterocycles. The number of carboxylic acids is 1. The maximum Gasteiger partial charge on any atom is 0.319 e. The summed E-state index contributed by atoms with van der Waals surface area (Å²) in [4.78, 5) is 22.5. The van der Waals surface area contributed by atoms with Crippen molar-refractivity contribution < 1.29 is 19.1 Å². The molecule has 3 N–H and O–H groups in total. The Hall–Kier alpha value is -1.63. The normalized spacial score (nSPS) is 15.7. The van der Waals surface area contributed by atoms with Crippen molar-refractivity contribution in [3.8, 4) is 0 Å². The molecule has 1 aromatic carbocycles. The monoisotopic (exact) mass is 330 g/mol. The summed E-state index contributed by atoms with van der Waals surface area (Å²) in [6.07, 6.45) is 1.14. The number of hydrogen-bond donors (Lipinski definition) is 3. The number of rotatable bonds is 4. The molecule has 1 aliphatic rings. The van der Waals surface area contributed by atoms with Crippen LogP contribution in [-0.4, -0.2) is 23.7 Å². The summed E-state index contributed by atoms with van der Waals surface area (Å²) in [6, 6.07) is 3.36. The first-order valence-corrected chi connectivity index (χ1v) is 6.46. The van der Waals surface area contributed by atoms with E-state index in [9.17, 15) is 14.0 Å². The molecule has 0 atom stereocenters. The second kappa shape index (κ2) is 5.16. The Morgan fingerprint density at radius 1 is 1.42 bits per heavy atom. The van der Waals surface area contributed by atoms with Gasteiger partial charge >= 0.3 is 12.0 Å². The summed E-state index contributed by atoms with van der Waals surface area (Å²) in [6.45, 7) is 0.0903. The predicted octanol–water partition coefficient (Wildman–Crippen LogP) is 2.57. The van der Waals surface area contributed by atoms with Crippen LogP contribution in [-0.2, 0) is 4.79 Å². The number of carboxylic acid groups (broad SMARTS) is 1. The molecule has 1 fully saturated rings. The maximum atomic E-state index is 12.9. The van der Waals surface area contributed by atoms with E-state index in [-0.39, 0.29) is 6.54 Å². The van der Waals surface area contributed by atoms with Crippen LogP contribution in [0.2, 0.25) is 0 Å². The Kier molecular flexibility index (Phi) is 3.75. The number of amides is 2. The van der Waals surface area contributed by atoms with E-state index >= 15 is 0 Å². The van der Waals surface area contributed by atoms with Crippen LogP contribution in [0.4, 0.5) is 14.9 Å². The highest BCUT2D eigenvalue weighted by atomic mass is 79.9. The number of nitrogens with one attached hydrogen (secondary N) is 2. The first-order valence-electron chi connectivity index (χ1n) is 5.66. The first kappa shape index (κ1) is 13.8. The first-order chi connectivity index (χ1) is 8.93. The molecule has 0 bridgehead atoms. The number of aliphatic carboxylic acids is 1. The Labute approximate surface area is 117 Å². The lowest BCUT2D eigenvalue weighted by Crippen LogP contribution is -2.36. The summed E-state index contributed by atoms with van der Waals surface area (Å²) in [5.41, 5.74) is -0.392. The quantitative estimate of drug-likeness (QED) is 0.793. The average molecular weight is 331 g/mol. The lowest BCUT2D eigenvalue weighted by Gasteiger charge is -2.12. The minimum Gasteiger partial charge on any atom is -0.481 e. The zero-order chi connectivity index (χ0) is 14.0. The number of anilines is 1. The van der Waals surface area contributed by atoms with Crippen LogP contribution in [0.1, 0.15) is 12.8 Å². The fraction of sp³-hybridized carbons (Fsp3) is 0.333. The van der Waals surface area contributed by atoms with Gasteiger partial charge in [-0.1, -0.05) is 0 Å². The van der Waals surface area contributed by atoms with Crippen molar-refractivity contribution in [1.82, 2.24) is 5.32 Å². The molecular weight excluding hydrogens is 319 g/mol. The molecule has 19 heavy (non-hydrogen) atoms. The van der Waals surface area contributed by atoms with Gasteiger partial charge in [-0.2, -0.15) is 0 Å². The van der Waals surface area contributed by atoms with Gasteiger partial charge < -0.3 is 15.7 Å². The van der Waals surface area contributed by atoms with Crippen LogP contribution in [0.25, 0.3) is 0 Å². The third kappa shape index (κ3) is 3.23. The van der Waals surface area contributed by atoms with Crippen LogP contribution < -0.4 is 10.6 Å². The fourth-order valence-electron chi connectivity index (χ4n) is 1.62. The highest BCUT2D eigenvalue weighted by Crippen LogP contribution is 2.45. The summed E-state index contributed by atoms with van der Waals surface area (Å²) >= 11 is 3.13. The maximum absolute atomic E-state index is 12.9. The molecule has 0 radical (unpaired) electrons.